The highest BCUT2D eigenvalue weighted by molar-refractivity contribution is 5.94. The first-order valence-corrected chi connectivity index (χ1v) is 6.89. The molecule has 1 aliphatic carbocycles. The van der Waals surface area contributed by atoms with Gasteiger partial charge in [0.05, 0.1) is 5.56 Å². The smallest absolute Gasteiger partial charge is 0.336 e. The number of urea groups is 1. The summed E-state index contributed by atoms with van der Waals surface area (Å²) in [5.74, 6) is -0.990. The normalized spacial score (nSPS) is 16.1. The molecule has 0 heterocycles. The summed E-state index contributed by atoms with van der Waals surface area (Å²) < 4.78 is 0. The van der Waals surface area contributed by atoms with E-state index in [2.05, 4.69) is 17.6 Å². The molecule has 20 heavy (non-hydrogen) atoms. The number of hydrogen-bond acceptors (Lipinski definition) is 2. The monoisotopic (exact) mass is 276 g/mol. The lowest BCUT2D eigenvalue weighted by Gasteiger charge is -2.41. The highest BCUT2D eigenvalue weighted by atomic mass is 16.4. The Balaban J connectivity index is 2.04. The van der Waals surface area contributed by atoms with Crippen LogP contribution in [-0.2, 0) is 0 Å². The number of hydrogen-bond donors (Lipinski definition) is 3. The highest BCUT2D eigenvalue weighted by Crippen LogP contribution is 2.34. The van der Waals surface area contributed by atoms with Crippen LogP contribution in [0.3, 0.4) is 0 Å². The topological polar surface area (TPSA) is 78.4 Å². The fourth-order valence-electron chi connectivity index (χ4n) is 2.50. The van der Waals surface area contributed by atoms with Crippen molar-refractivity contribution in [1.82, 2.24) is 5.32 Å². The van der Waals surface area contributed by atoms with Crippen molar-refractivity contribution in [3.05, 3.63) is 29.3 Å². The number of carboxylic acids is 1. The van der Waals surface area contributed by atoms with Crippen LogP contribution in [-0.4, -0.2) is 22.6 Å². The van der Waals surface area contributed by atoms with Crippen LogP contribution < -0.4 is 10.6 Å². The number of anilines is 1. The minimum Gasteiger partial charge on any atom is -0.478 e. The molecule has 2 rings (SSSR count). The van der Waals surface area contributed by atoms with E-state index in [4.69, 9.17) is 5.11 Å². The zero-order valence-corrected chi connectivity index (χ0v) is 11.8. The summed E-state index contributed by atoms with van der Waals surface area (Å²) in [5, 5.41) is 14.8. The molecule has 2 amide bonds. The first kappa shape index (κ1) is 14.4. The predicted molar refractivity (Wildman–Crippen MR) is 77.2 cm³/mol. The summed E-state index contributed by atoms with van der Waals surface area (Å²) in [7, 11) is 0. The maximum absolute atomic E-state index is 12.0. The molecule has 108 valence electrons. The second kappa shape index (κ2) is 5.53. The van der Waals surface area contributed by atoms with Crippen LogP contribution in [0.25, 0.3) is 0 Å². The van der Waals surface area contributed by atoms with Gasteiger partial charge in [0.25, 0.3) is 0 Å². The Morgan fingerprint density at radius 3 is 2.55 bits per heavy atom. The number of carbonyl (C=O) groups is 2. The predicted octanol–water partition coefficient (Wildman–Crippen LogP) is 3.15. The molecule has 0 spiro atoms. The maximum atomic E-state index is 12.0. The van der Waals surface area contributed by atoms with Crippen molar-refractivity contribution >= 4 is 17.7 Å². The SMILES string of the molecule is CCC1(NC(=O)Nc2ccc(C)c(C(=O)O)c2)CCC1. The second-order valence-corrected chi connectivity index (χ2v) is 5.40. The summed E-state index contributed by atoms with van der Waals surface area (Å²) in [4.78, 5) is 23.0. The van der Waals surface area contributed by atoms with Crippen LogP contribution in [0.2, 0.25) is 0 Å². The lowest BCUT2D eigenvalue weighted by atomic mass is 9.75. The van der Waals surface area contributed by atoms with Crippen molar-refractivity contribution in [1.29, 1.82) is 0 Å². The summed E-state index contributed by atoms with van der Waals surface area (Å²) in [6.45, 7) is 3.79. The molecule has 5 nitrogen and oxygen atoms in total. The summed E-state index contributed by atoms with van der Waals surface area (Å²) in [5.41, 5.74) is 1.30. The fraction of sp³-hybridized carbons (Fsp3) is 0.467. The molecule has 3 N–H and O–H groups in total. The van der Waals surface area contributed by atoms with E-state index in [9.17, 15) is 9.59 Å². The van der Waals surface area contributed by atoms with Gasteiger partial charge >= 0.3 is 12.0 Å². The average Bonchev–Trinajstić information content (AvgIpc) is 2.36. The van der Waals surface area contributed by atoms with E-state index in [1.807, 2.05) is 0 Å². The number of aryl methyl sites for hydroxylation is 1. The molecule has 1 fully saturated rings. The van der Waals surface area contributed by atoms with E-state index in [0.29, 0.717) is 11.3 Å². The second-order valence-electron chi connectivity index (χ2n) is 5.40. The number of nitrogens with one attached hydrogen (secondary N) is 2. The third-order valence-corrected chi connectivity index (χ3v) is 4.09. The van der Waals surface area contributed by atoms with Gasteiger partial charge in [-0.2, -0.15) is 0 Å². The van der Waals surface area contributed by atoms with Crippen molar-refractivity contribution in [2.75, 3.05) is 5.32 Å². The van der Waals surface area contributed by atoms with Gasteiger partial charge in [0.1, 0.15) is 0 Å². The molecule has 0 unspecified atom stereocenters. The van der Waals surface area contributed by atoms with Gasteiger partial charge in [0, 0.05) is 11.2 Å². The average molecular weight is 276 g/mol. The van der Waals surface area contributed by atoms with Gasteiger partial charge in [-0.15, -0.1) is 0 Å². The first-order valence-electron chi connectivity index (χ1n) is 6.89. The van der Waals surface area contributed by atoms with Gasteiger partial charge in [0.15, 0.2) is 0 Å². The van der Waals surface area contributed by atoms with Crippen molar-refractivity contribution in [3.63, 3.8) is 0 Å². The molecule has 1 aliphatic rings. The van der Waals surface area contributed by atoms with Gasteiger partial charge in [0.2, 0.25) is 0 Å². The molecule has 5 heteroatoms. The first-order chi connectivity index (χ1) is 9.46. The number of carbonyl (C=O) groups excluding carboxylic acids is 1. The van der Waals surface area contributed by atoms with Gasteiger partial charge < -0.3 is 15.7 Å². The third kappa shape index (κ3) is 2.92. The number of amides is 2. The van der Waals surface area contributed by atoms with Crippen molar-refractivity contribution in [3.8, 4) is 0 Å². The lowest BCUT2D eigenvalue weighted by Crippen LogP contribution is -2.54. The van der Waals surface area contributed by atoms with Gasteiger partial charge in [-0.25, -0.2) is 9.59 Å². The molecular formula is C15H20N2O3. The summed E-state index contributed by atoms with van der Waals surface area (Å²) >= 11 is 0. The molecule has 0 bridgehead atoms. The summed E-state index contributed by atoms with van der Waals surface area (Å²) in [6, 6.07) is 4.61. The van der Waals surface area contributed by atoms with E-state index in [0.717, 1.165) is 25.7 Å². The Hall–Kier alpha value is -2.04. The van der Waals surface area contributed by atoms with E-state index in [-0.39, 0.29) is 17.1 Å². The molecule has 0 radical (unpaired) electrons. The molecular weight excluding hydrogens is 256 g/mol. The molecule has 0 atom stereocenters. The van der Waals surface area contributed by atoms with Gasteiger partial charge in [-0.1, -0.05) is 13.0 Å². The van der Waals surface area contributed by atoms with E-state index >= 15 is 0 Å². The number of benzene rings is 1. The maximum Gasteiger partial charge on any atom is 0.336 e. The highest BCUT2D eigenvalue weighted by Gasteiger charge is 2.36. The van der Waals surface area contributed by atoms with Gasteiger partial charge in [-0.05, 0) is 50.3 Å². The van der Waals surface area contributed by atoms with E-state index in [1.165, 1.54) is 6.07 Å². The fourth-order valence-corrected chi connectivity index (χ4v) is 2.50. The van der Waals surface area contributed by atoms with Crippen LogP contribution in [0, 0.1) is 6.92 Å². The Kier molecular flexibility index (Phi) is 3.97. The largest absolute Gasteiger partial charge is 0.478 e. The van der Waals surface area contributed by atoms with Crippen molar-refractivity contribution < 1.29 is 14.7 Å². The van der Waals surface area contributed by atoms with Crippen LogP contribution in [0.15, 0.2) is 18.2 Å². The molecule has 1 aromatic carbocycles. The van der Waals surface area contributed by atoms with E-state index in [1.54, 1.807) is 19.1 Å². The Bertz CT molecular complexity index is 530. The van der Waals surface area contributed by atoms with Crippen molar-refractivity contribution in [2.24, 2.45) is 0 Å². The molecule has 0 aliphatic heterocycles. The number of rotatable bonds is 4. The lowest BCUT2D eigenvalue weighted by molar-refractivity contribution is 0.0696. The van der Waals surface area contributed by atoms with Gasteiger partial charge in [-0.3, -0.25) is 0 Å². The Morgan fingerprint density at radius 2 is 2.05 bits per heavy atom. The third-order valence-electron chi connectivity index (χ3n) is 4.09. The molecule has 1 saturated carbocycles. The van der Waals surface area contributed by atoms with Crippen LogP contribution >= 0.6 is 0 Å². The zero-order valence-electron chi connectivity index (χ0n) is 11.8. The number of carboxylic acid groups (broad SMARTS) is 1. The van der Waals surface area contributed by atoms with Crippen molar-refractivity contribution in [2.45, 2.75) is 45.1 Å². The molecule has 0 saturated heterocycles. The minimum atomic E-state index is -0.990. The van der Waals surface area contributed by atoms with Crippen LogP contribution in [0.1, 0.15) is 48.5 Å². The molecule has 0 aromatic heterocycles. The van der Waals surface area contributed by atoms with E-state index < -0.39 is 5.97 Å². The summed E-state index contributed by atoms with van der Waals surface area (Å²) in [6.07, 6.45) is 4.06. The Labute approximate surface area is 118 Å². The standard InChI is InChI=1S/C15H20N2O3/c1-3-15(7-4-8-15)17-14(20)16-11-6-5-10(2)12(9-11)13(18)19/h5-6,9H,3-4,7-8H2,1-2H3,(H,18,19)(H2,16,17,20). The quantitative estimate of drug-likeness (QED) is 0.790. The Morgan fingerprint density at radius 1 is 1.35 bits per heavy atom. The zero-order chi connectivity index (χ0) is 14.8. The number of aromatic carboxylic acids is 1. The van der Waals surface area contributed by atoms with Crippen LogP contribution in [0.4, 0.5) is 10.5 Å². The molecule has 1 aromatic rings. The minimum absolute atomic E-state index is 0.0790. The van der Waals surface area contributed by atoms with Crippen LogP contribution in [0.5, 0.6) is 0 Å².